The maximum atomic E-state index is 14.2. The summed E-state index contributed by atoms with van der Waals surface area (Å²) in [6.45, 7) is 0. The van der Waals surface area contributed by atoms with Crippen molar-refractivity contribution in [2.75, 3.05) is 14.2 Å². The van der Waals surface area contributed by atoms with Gasteiger partial charge in [0.2, 0.25) is 0 Å². The predicted molar refractivity (Wildman–Crippen MR) is 79.7 cm³/mol. The lowest BCUT2D eigenvalue weighted by molar-refractivity contribution is 0.396. The summed E-state index contributed by atoms with van der Waals surface area (Å²) in [4.78, 5) is 0. The quantitative estimate of drug-likeness (QED) is 0.924. The van der Waals surface area contributed by atoms with E-state index >= 15 is 0 Å². The molecule has 1 unspecified atom stereocenters. The Labute approximate surface area is 125 Å². The van der Waals surface area contributed by atoms with E-state index in [0.717, 1.165) is 0 Å². The number of halogens is 2. The Morgan fingerprint density at radius 2 is 1.85 bits per heavy atom. The molecule has 0 aliphatic heterocycles. The lowest BCUT2D eigenvalue weighted by Crippen LogP contribution is -2.15. The summed E-state index contributed by atoms with van der Waals surface area (Å²) in [6, 6.07) is 9.67. The van der Waals surface area contributed by atoms with Crippen molar-refractivity contribution < 1.29 is 13.9 Å². The van der Waals surface area contributed by atoms with Crippen molar-refractivity contribution in [2.45, 2.75) is 6.04 Å². The van der Waals surface area contributed by atoms with Gasteiger partial charge >= 0.3 is 0 Å². The first-order chi connectivity index (χ1) is 9.58. The van der Waals surface area contributed by atoms with Gasteiger partial charge in [-0.05, 0) is 40.2 Å². The second kappa shape index (κ2) is 6.24. The number of nitrogens with two attached hydrogens (primary N) is 1. The topological polar surface area (TPSA) is 44.5 Å². The summed E-state index contributed by atoms with van der Waals surface area (Å²) in [5.41, 5.74) is 7.25. The van der Waals surface area contributed by atoms with Gasteiger partial charge in [-0.25, -0.2) is 4.39 Å². The molecule has 2 N–H and O–H groups in total. The van der Waals surface area contributed by atoms with Crippen LogP contribution in [0.25, 0.3) is 0 Å². The Morgan fingerprint density at radius 3 is 2.50 bits per heavy atom. The Bertz CT molecular complexity index is 619. The van der Waals surface area contributed by atoms with Crippen LogP contribution in [0.1, 0.15) is 17.2 Å². The molecule has 106 valence electrons. The van der Waals surface area contributed by atoms with Gasteiger partial charge < -0.3 is 15.2 Å². The molecular formula is C15H15BrFNO2. The van der Waals surface area contributed by atoms with Crippen LogP contribution in [0.15, 0.2) is 40.9 Å². The second-order valence-corrected chi connectivity index (χ2v) is 5.08. The third-order valence-electron chi connectivity index (χ3n) is 3.09. The van der Waals surface area contributed by atoms with Gasteiger partial charge in [0.1, 0.15) is 17.3 Å². The van der Waals surface area contributed by atoms with E-state index in [4.69, 9.17) is 15.2 Å². The summed E-state index contributed by atoms with van der Waals surface area (Å²) < 4.78 is 25.0. The van der Waals surface area contributed by atoms with Gasteiger partial charge in [-0.1, -0.05) is 12.1 Å². The number of hydrogen-bond donors (Lipinski definition) is 1. The largest absolute Gasteiger partial charge is 0.497 e. The van der Waals surface area contributed by atoms with E-state index in [2.05, 4.69) is 15.9 Å². The van der Waals surface area contributed by atoms with Gasteiger partial charge in [0.25, 0.3) is 0 Å². The van der Waals surface area contributed by atoms with Crippen molar-refractivity contribution in [3.63, 3.8) is 0 Å². The van der Waals surface area contributed by atoms with Crippen molar-refractivity contribution in [3.8, 4) is 11.5 Å². The average molecular weight is 340 g/mol. The van der Waals surface area contributed by atoms with E-state index in [1.54, 1.807) is 50.6 Å². The fourth-order valence-electron chi connectivity index (χ4n) is 2.01. The van der Waals surface area contributed by atoms with Crippen LogP contribution in [0, 0.1) is 5.82 Å². The molecule has 0 radical (unpaired) electrons. The number of ether oxygens (including phenoxy) is 2. The van der Waals surface area contributed by atoms with Crippen LogP contribution >= 0.6 is 15.9 Å². The molecule has 2 aromatic rings. The molecule has 2 aromatic carbocycles. The summed E-state index contributed by atoms with van der Waals surface area (Å²) >= 11 is 3.16. The molecule has 0 fully saturated rings. The molecule has 0 saturated heterocycles. The molecule has 0 bridgehead atoms. The third kappa shape index (κ3) is 2.78. The molecule has 0 amide bonds. The van der Waals surface area contributed by atoms with E-state index < -0.39 is 6.04 Å². The SMILES string of the molecule is COc1ccc(OC)c(C(N)c2cccc(Br)c2F)c1. The Morgan fingerprint density at radius 1 is 1.10 bits per heavy atom. The molecule has 2 rings (SSSR count). The van der Waals surface area contributed by atoms with E-state index in [9.17, 15) is 4.39 Å². The van der Waals surface area contributed by atoms with Crippen molar-refractivity contribution in [3.05, 3.63) is 57.8 Å². The highest BCUT2D eigenvalue weighted by molar-refractivity contribution is 9.10. The monoisotopic (exact) mass is 339 g/mol. The fraction of sp³-hybridized carbons (Fsp3) is 0.200. The zero-order chi connectivity index (χ0) is 14.7. The minimum Gasteiger partial charge on any atom is -0.497 e. The summed E-state index contributed by atoms with van der Waals surface area (Å²) in [5.74, 6) is 0.870. The number of methoxy groups -OCH3 is 2. The number of hydrogen-bond acceptors (Lipinski definition) is 3. The molecule has 0 saturated carbocycles. The van der Waals surface area contributed by atoms with Gasteiger partial charge in [-0.15, -0.1) is 0 Å². The minimum atomic E-state index is -0.641. The molecule has 20 heavy (non-hydrogen) atoms. The Hall–Kier alpha value is -1.59. The van der Waals surface area contributed by atoms with Crippen LogP contribution < -0.4 is 15.2 Å². The molecule has 5 heteroatoms. The fourth-order valence-corrected chi connectivity index (χ4v) is 2.39. The maximum Gasteiger partial charge on any atom is 0.142 e. The average Bonchev–Trinajstić information content (AvgIpc) is 2.48. The van der Waals surface area contributed by atoms with Gasteiger partial charge in [-0.3, -0.25) is 0 Å². The first kappa shape index (κ1) is 14.8. The van der Waals surface area contributed by atoms with Crippen LogP contribution in [0.4, 0.5) is 4.39 Å². The van der Waals surface area contributed by atoms with Crippen molar-refractivity contribution in [2.24, 2.45) is 5.73 Å². The van der Waals surface area contributed by atoms with E-state index in [-0.39, 0.29) is 5.82 Å². The molecule has 0 aliphatic rings. The van der Waals surface area contributed by atoms with Crippen LogP contribution in [-0.2, 0) is 0 Å². The van der Waals surface area contributed by atoms with Gasteiger partial charge in [-0.2, -0.15) is 0 Å². The van der Waals surface area contributed by atoms with E-state index in [0.29, 0.717) is 27.1 Å². The van der Waals surface area contributed by atoms with Gasteiger partial charge in [0.15, 0.2) is 0 Å². The number of rotatable bonds is 4. The molecule has 0 aromatic heterocycles. The zero-order valence-corrected chi connectivity index (χ0v) is 12.8. The first-order valence-electron chi connectivity index (χ1n) is 6.00. The highest BCUT2D eigenvalue weighted by Crippen LogP contribution is 2.34. The van der Waals surface area contributed by atoms with Crippen molar-refractivity contribution in [1.29, 1.82) is 0 Å². The molecular weight excluding hydrogens is 325 g/mol. The molecule has 0 heterocycles. The maximum absolute atomic E-state index is 14.2. The highest BCUT2D eigenvalue weighted by atomic mass is 79.9. The Balaban J connectivity index is 2.51. The zero-order valence-electron chi connectivity index (χ0n) is 11.2. The highest BCUT2D eigenvalue weighted by Gasteiger charge is 2.19. The van der Waals surface area contributed by atoms with Crippen LogP contribution in [-0.4, -0.2) is 14.2 Å². The van der Waals surface area contributed by atoms with Crippen molar-refractivity contribution in [1.82, 2.24) is 0 Å². The van der Waals surface area contributed by atoms with Crippen molar-refractivity contribution >= 4 is 15.9 Å². The number of benzene rings is 2. The molecule has 1 atom stereocenters. The summed E-state index contributed by atoms with van der Waals surface area (Å²) in [7, 11) is 3.12. The summed E-state index contributed by atoms with van der Waals surface area (Å²) in [5, 5.41) is 0. The first-order valence-corrected chi connectivity index (χ1v) is 6.79. The molecule has 0 aliphatic carbocycles. The van der Waals surface area contributed by atoms with Crippen LogP contribution in [0.5, 0.6) is 11.5 Å². The molecule has 0 spiro atoms. The van der Waals surface area contributed by atoms with E-state index in [1.807, 2.05) is 0 Å². The molecule has 3 nitrogen and oxygen atoms in total. The normalized spacial score (nSPS) is 12.1. The van der Waals surface area contributed by atoms with E-state index in [1.165, 1.54) is 0 Å². The van der Waals surface area contributed by atoms with Crippen LogP contribution in [0.3, 0.4) is 0 Å². The predicted octanol–water partition coefficient (Wildman–Crippen LogP) is 3.65. The second-order valence-electron chi connectivity index (χ2n) is 4.23. The summed E-state index contributed by atoms with van der Waals surface area (Å²) in [6.07, 6.45) is 0. The van der Waals surface area contributed by atoms with Crippen LogP contribution in [0.2, 0.25) is 0 Å². The standard InChI is InChI=1S/C15H15BrFNO2/c1-19-9-6-7-13(20-2)11(8-9)15(18)10-4-3-5-12(16)14(10)17/h3-8,15H,18H2,1-2H3. The van der Waals surface area contributed by atoms with Gasteiger partial charge in [0, 0.05) is 11.1 Å². The lowest BCUT2D eigenvalue weighted by atomic mass is 9.98. The minimum absolute atomic E-state index is 0.370. The third-order valence-corrected chi connectivity index (χ3v) is 3.70. The Kier molecular flexibility index (Phi) is 4.62. The smallest absolute Gasteiger partial charge is 0.142 e. The lowest BCUT2D eigenvalue weighted by Gasteiger charge is -2.18. The van der Waals surface area contributed by atoms with Gasteiger partial charge in [0.05, 0.1) is 24.7 Å².